The van der Waals surface area contributed by atoms with Gasteiger partial charge in [-0.15, -0.1) is 0 Å². The summed E-state index contributed by atoms with van der Waals surface area (Å²) >= 11 is 0. The zero-order valence-corrected chi connectivity index (χ0v) is 8.75. The normalized spacial score (nSPS) is 17.2. The third-order valence-electron chi connectivity index (χ3n) is 2.29. The first-order valence-electron chi connectivity index (χ1n) is 4.88. The van der Waals surface area contributed by atoms with Crippen LogP contribution in [-0.4, -0.2) is 11.2 Å². The van der Waals surface area contributed by atoms with Crippen LogP contribution in [0, 0.1) is 11.8 Å². The second-order valence-electron chi connectivity index (χ2n) is 3.86. The van der Waals surface area contributed by atoms with Gasteiger partial charge in [-0.3, -0.25) is 0 Å². The lowest BCUT2D eigenvalue weighted by Gasteiger charge is -2.21. The molecule has 0 aliphatic heterocycles. The maximum absolute atomic E-state index is 9.67. The molecule has 0 rings (SSSR count). The highest BCUT2D eigenvalue weighted by Crippen LogP contribution is 2.17. The van der Waals surface area contributed by atoms with Crippen LogP contribution in [0.5, 0.6) is 0 Å². The quantitative estimate of drug-likeness (QED) is 0.629. The Balaban J connectivity index is 3.63. The van der Waals surface area contributed by atoms with E-state index in [4.69, 9.17) is 0 Å². The fourth-order valence-corrected chi connectivity index (χ4v) is 1.35. The fraction of sp³-hybridized carbons (Fsp3) is 0.818. The molecule has 1 heteroatoms. The minimum Gasteiger partial charge on any atom is -0.393 e. The monoisotopic (exact) mass is 170 g/mol. The summed E-state index contributed by atoms with van der Waals surface area (Å²) in [7, 11) is 0. The summed E-state index contributed by atoms with van der Waals surface area (Å²) < 4.78 is 0. The van der Waals surface area contributed by atoms with Crippen molar-refractivity contribution in [3.63, 3.8) is 0 Å². The maximum Gasteiger partial charge on any atom is 0.0588 e. The molecule has 1 nitrogen and oxygen atoms in total. The third-order valence-corrected chi connectivity index (χ3v) is 2.29. The van der Waals surface area contributed by atoms with Crippen molar-refractivity contribution < 1.29 is 5.11 Å². The van der Waals surface area contributed by atoms with E-state index in [-0.39, 0.29) is 6.10 Å². The predicted molar refractivity (Wildman–Crippen MR) is 54.1 cm³/mol. The molecule has 0 bridgehead atoms. The van der Waals surface area contributed by atoms with E-state index >= 15 is 0 Å². The van der Waals surface area contributed by atoms with Crippen LogP contribution in [-0.2, 0) is 0 Å². The van der Waals surface area contributed by atoms with E-state index < -0.39 is 0 Å². The summed E-state index contributed by atoms with van der Waals surface area (Å²) in [6.07, 6.45) is 6.25. The van der Waals surface area contributed by atoms with Crippen LogP contribution < -0.4 is 0 Å². The van der Waals surface area contributed by atoms with Crippen molar-refractivity contribution in [3.8, 4) is 0 Å². The Labute approximate surface area is 76.5 Å². The fourth-order valence-electron chi connectivity index (χ4n) is 1.35. The van der Waals surface area contributed by atoms with Crippen molar-refractivity contribution in [2.45, 2.75) is 46.6 Å². The van der Waals surface area contributed by atoms with Gasteiger partial charge in [0.15, 0.2) is 0 Å². The molecule has 0 aliphatic carbocycles. The summed E-state index contributed by atoms with van der Waals surface area (Å²) in [5.41, 5.74) is 0. The second-order valence-corrected chi connectivity index (χ2v) is 3.86. The smallest absolute Gasteiger partial charge is 0.0588 e. The van der Waals surface area contributed by atoms with Crippen molar-refractivity contribution in [2.75, 3.05) is 0 Å². The molecule has 0 aromatic heterocycles. The van der Waals surface area contributed by atoms with Gasteiger partial charge in [-0.05, 0) is 31.6 Å². The zero-order valence-electron chi connectivity index (χ0n) is 8.75. The molecule has 0 radical (unpaired) electrons. The highest BCUT2D eigenvalue weighted by Gasteiger charge is 2.16. The average molecular weight is 170 g/mol. The van der Waals surface area contributed by atoms with Crippen molar-refractivity contribution >= 4 is 0 Å². The van der Waals surface area contributed by atoms with Crippen molar-refractivity contribution in [2.24, 2.45) is 11.8 Å². The minimum atomic E-state index is -0.143. The standard InChI is InChI=1S/C11H22O/c1-5-6-7-8-10(4)11(12)9(2)3/h5-6,9-12H,7-8H2,1-4H3/b6-5+/t10-,11+/m1/s1. The molecular formula is C11H22O. The van der Waals surface area contributed by atoms with Crippen LogP contribution in [0.1, 0.15) is 40.5 Å². The lowest BCUT2D eigenvalue weighted by Crippen LogP contribution is -2.23. The third kappa shape index (κ3) is 4.55. The maximum atomic E-state index is 9.67. The van der Waals surface area contributed by atoms with Crippen LogP contribution in [0.15, 0.2) is 12.2 Å². The number of hydrogen-bond donors (Lipinski definition) is 1. The SMILES string of the molecule is C/C=C/CC[C@@H](C)[C@@H](O)C(C)C. The van der Waals surface area contributed by atoms with Gasteiger partial charge in [0.1, 0.15) is 0 Å². The number of aliphatic hydroxyl groups is 1. The van der Waals surface area contributed by atoms with Crippen LogP contribution in [0.3, 0.4) is 0 Å². The second kappa shape index (κ2) is 6.24. The Hall–Kier alpha value is -0.300. The van der Waals surface area contributed by atoms with Gasteiger partial charge in [-0.1, -0.05) is 32.9 Å². The Morgan fingerprint density at radius 2 is 1.83 bits per heavy atom. The van der Waals surface area contributed by atoms with Gasteiger partial charge in [-0.25, -0.2) is 0 Å². The van der Waals surface area contributed by atoms with E-state index in [1.165, 1.54) is 0 Å². The molecule has 2 atom stereocenters. The van der Waals surface area contributed by atoms with Gasteiger partial charge < -0.3 is 5.11 Å². The van der Waals surface area contributed by atoms with Crippen LogP contribution >= 0.6 is 0 Å². The van der Waals surface area contributed by atoms with Gasteiger partial charge in [0.2, 0.25) is 0 Å². The summed E-state index contributed by atoms with van der Waals surface area (Å²) in [5, 5.41) is 9.67. The Kier molecular flexibility index (Phi) is 6.09. The molecule has 0 aliphatic rings. The molecule has 0 spiro atoms. The van der Waals surface area contributed by atoms with Crippen molar-refractivity contribution in [3.05, 3.63) is 12.2 Å². The summed E-state index contributed by atoms with van der Waals surface area (Å²) in [6, 6.07) is 0. The van der Waals surface area contributed by atoms with Gasteiger partial charge in [-0.2, -0.15) is 0 Å². The Morgan fingerprint density at radius 1 is 1.25 bits per heavy atom. The summed E-state index contributed by atoms with van der Waals surface area (Å²) in [4.78, 5) is 0. The van der Waals surface area contributed by atoms with Gasteiger partial charge in [0.25, 0.3) is 0 Å². The molecule has 0 unspecified atom stereocenters. The molecule has 0 fully saturated rings. The van der Waals surface area contributed by atoms with Crippen molar-refractivity contribution in [1.29, 1.82) is 0 Å². The van der Waals surface area contributed by atoms with Crippen LogP contribution in [0.2, 0.25) is 0 Å². The molecule has 0 amide bonds. The zero-order chi connectivity index (χ0) is 9.56. The van der Waals surface area contributed by atoms with E-state index in [0.717, 1.165) is 12.8 Å². The molecule has 72 valence electrons. The van der Waals surface area contributed by atoms with E-state index in [0.29, 0.717) is 11.8 Å². The van der Waals surface area contributed by atoms with E-state index in [1.807, 2.05) is 6.92 Å². The molecule has 0 aromatic carbocycles. The molecule has 0 heterocycles. The Bertz CT molecular complexity index is 127. The van der Waals surface area contributed by atoms with Crippen molar-refractivity contribution in [1.82, 2.24) is 0 Å². The molecule has 1 N–H and O–H groups in total. The van der Waals surface area contributed by atoms with Gasteiger partial charge in [0.05, 0.1) is 6.10 Å². The highest BCUT2D eigenvalue weighted by atomic mass is 16.3. The Morgan fingerprint density at radius 3 is 2.25 bits per heavy atom. The highest BCUT2D eigenvalue weighted by molar-refractivity contribution is 4.79. The lowest BCUT2D eigenvalue weighted by molar-refractivity contribution is 0.0689. The topological polar surface area (TPSA) is 20.2 Å². The van der Waals surface area contributed by atoms with Gasteiger partial charge >= 0.3 is 0 Å². The summed E-state index contributed by atoms with van der Waals surface area (Å²) in [5.74, 6) is 0.798. The van der Waals surface area contributed by atoms with E-state index in [1.54, 1.807) is 0 Å². The number of aliphatic hydroxyl groups excluding tert-OH is 1. The van der Waals surface area contributed by atoms with Crippen LogP contribution in [0.25, 0.3) is 0 Å². The van der Waals surface area contributed by atoms with E-state index in [9.17, 15) is 5.11 Å². The lowest BCUT2D eigenvalue weighted by atomic mass is 9.91. The predicted octanol–water partition coefficient (Wildman–Crippen LogP) is 3.00. The molecule has 0 saturated carbocycles. The largest absolute Gasteiger partial charge is 0.393 e. The summed E-state index contributed by atoms with van der Waals surface area (Å²) in [6.45, 7) is 8.28. The molecule has 0 aromatic rings. The molecular weight excluding hydrogens is 148 g/mol. The van der Waals surface area contributed by atoms with Gasteiger partial charge in [0, 0.05) is 0 Å². The number of rotatable bonds is 5. The first-order valence-corrected chi connectivity index (χ1v) is 4.88. The molecule has 12 heavy (non-hydrogen) atoms. The van der Waals surface area contributed by atoms with Crippen LogP contribution in [0.4, 0.5) is 0 Å². The number of hydrogen-bond acceptors (Lipinski definition) is 1. The van der Waals surface area contributed by atoms with E-state index in [2.05, 4.69) is 32.9 Å². The number of allylic oxidation sites excluding steroid dienone is 2. The minimum absolute atomic E-state index is 0.143. The molecule has 0 saturated heterocycles. The first-order chi connectivity index (χ1) is 5.59. The first kappa shape index (κ1) is 11.7. The average Bonchev–Trinajstić information content (AvgIpc) is 2.03.